The second kappa shape index (κ2) is 5.44. The third kappa shape index (κ3) is 2.74. The van der Waals surface area contributed by atoms with Crippen molar-refractivity contribution in [2.75, 3.05) is 26.8 Å². The van der Waals surface area contributed by atoms with Crippen LogP contribution >= 0.6 is 0 Å². The Hall–Kier alpha value is -1.17. The van der Waals surface area contributed by atoms with E-state index < -0.39 is 6.04 Å². The van der Waals surface area contributed by atoms with Crippen molar-refractivity contribution in [3.8, 4) is 5.75 Å². The zero-order valence-electron chi connectivity index (χ0n) is 9.78. The van der Waals surface area contributed by atoms with Gasteiger partial charge in [0, 0.05) is 18.7 Å². The van der Waals surface area contributed by atoms with Gasteiger partial charge >= 0.3 is 0 Å². The maximum absolute atomic E-state index is 13.2. The summed E-state index contributed by atoms with van der Waals surface area (Å²) in [6.45, 7) is 2.11. The van der Waals surface area contributed by atoms with Crippen LogP contribution < -0.4 is 15.8 Å². The van der Waals surface area contributed by atoms with Gasteiger partial charge in [-0.15, -0.1) is 0 Å². The van der Waals surface area contributed by atoms with E-state index in [-0.39, 0.29) is 11.9 Å². The van der Waals surface area contributed by atoms with Gasteiger partial charge in [-0.3, -0.25) is 0 Å². The van der Waals surface area contributed by atoms with Crippen molar-refractivity contribution in [2.45, 2.75) is 12.1 Å². The lowest BCUT2D eigenvalue weighted by Crippen LogP contribution is -2.44. The Labute approximate surface area is 99.9 Å². The summed E-state index contributed by atoms with van der Waals surface area (Å²) in [6.07, 6.45) is -0.153. The summed E-state index contributed by atoms with van der Waals surface area (Å²) >= 11 is 0. The maximum Gasteiger partial charge on any atom is 0.123 e. The first kappa shape index (κ1) is 12.3. The van der Waals surface area contributed by atoms with Crippen molar-refractivity contribution in [3.05, 3.63) is 29.6 Å². The quantitative estimate of drug-likeness (QED) is 0.821. The molecule has 5 heteroatoms. The number of hydrogen-bond donors (Lipinski definition) is 2. The van der Waals surface area contributed by atoms with Crippen molar-refractivity contribution >= 4 is 0 Å². The molecule has 0 radical (unpaired) electrons. The van der Waals surface area contributed by atoms with Crippen LogP contribution in [0.25, 0.3) is 0 Å². The molecular formula is C12H17FN2O2. The molecule has 0 aliphatic carbocycles. The molecule has 94 valence electrons. The van der Waals surface area contributed by atoms with Crippen LogP contribution in [0.15, 0.2) is 18.2 Å². The van der Waals surface area contributed by atoms with Gasteiger partial charge in [-0.1, -0.05) is 0 Å². The monoisotopic (exact) mass is 240 g/mol. The van der Waals surface area contributed by atoms with Crippen LogP contribution in [0.3, 0.4) is 0 Å². The van der Waals surface area contributed by atoms with Gasteiger partial charge in [0.05, 0.1) is 25.9 Å². The molecule has 17 heavy (non-hydrogen) atoms. The number of rotatable bonds is 3. The Morgan fingerprint density at radius 2 is 2.41 bits per heavy atom. The summed E-state index contributed by atoms with van der Waals surface area (Å²) in [7, 11) is 1.55. The SMILES string of the molecule is COc1ccc(F)cc1C(N)C1CNCCO1. The van der Waals surface area contributed by atoms with Crippen LogP contribution in [0.5, 0.6) is 5.75 Å². The van der Waals surface area contributed by atoms with E-state index in [0.29, 0.717) is 24.5 Å². The number of benzene rings is 1. The standard InChI is InChI=1S/C12H17FN2O2/c1-16-10-3-2-8(13)6-9(10)12(14)11-7-15-4-5-17-11/h2-3,6,11-12,15H,4-5,7,14H2,1H3. The fourth-order valence-electron chi connectivity index (χ4n) is 1.98. The molecule has 3 N–H and O–H groups in total. The molecule has 1 fully saturated rings. The molecular weight excluding hydrogens is 223 g/mol. The van der Waals surface area contributed by atoms with Gasteiger partial charge in [-0.05, 0) is 18.2 Å². The average Bonchev–Trinajstić information content (AvgIpc) is 2.39. The molecule has 0 saturated carbocycles. The highest BCUT2D eigenvalue weighted by Crippen LogP contribution is 2.28. The van der Waals surface area contributed by atoms with E-state index in [0.717, 1.165) is 6.54 Å². The van der Waals surface area contributed by atoms with Gasteiger partial charge in [0.1, 0.15) is 11.6 Å². The van der Waals surface area contributed by atoms with Crippen molar-refractivity contribution in [2.24, 2.45) is 5.73 Å². The number of methoxy groups -OCH3 is 1. The molecule has 1 aliphatic heterocycles. The number of hydrogen-bond acceptors (Lipinski definition) is 4. The fourth-order valence-corrected chi connectivity index (χ4v) is 1.98. The highest BCUT2D eigenvalue weighted by Gasteiger charge is 2.25. The van der Waals surface area contributed by atoms with E-state index in [2.05, 4.69) is 5.32 Å². The van der Waals surface area contributed by atoms with Gasteiger partial charge in [0.2, 0.25) is 0 Å². The first-order valence-electron chi connectivity index (χ1n) is 5.63. The minimum absolute atomic E-state index is 0.153. The van der Waals surface area contributed by atoms with Crippen LogP contribution in [0.1, 0.15) is 11.6 Å². The van der Waals surface area contributed by atoms with Gasteiger partial charge in [0.25, 0.3) is 0 Å². The molecule has 2 unspecified atom stereocenters. The predicted octanol–water partition coefficient (Wildman–Crippen LogP) is 0.823. The summed E-state index contributed by atoms with van der Waals surface area (Å²) < 4.78 is 24.0. The second-order valence-corrected chi connectivity index (χ2v) is 4.03. The Morgan fingerprint density at radius 1 is 1.59 bits per heavy atom. The first-order valence-corrected chi connectivity index (χ1v) is 5.63. The Bertz CT molecular complexity index is 381. The summed E-state index contributed by atoms with van der Waals surface area (Å²) in [5.41, 5.74) is 6.74. The molecule has 0 bridgehead atoms. The van der Waals surface area contributed by atoms with E-state index in [4.69, 9.17) is 15.2 Å². The van der Waals surface area contributed by atoms with E-state index in [1.165, 1.54) is 12.1 Å². The molecule has 2 atom stereocenters. The number of morpholine rings is 1. The number of halogens is 1. The lowest BCUT2D eigenvalue weighted by atomic mass is 10.00. The zero-order chi connectivity index (χ0) is 12.3. The van der Waals surface area contributed by atoms with E-state index >= 15 is 0 Å². The van der Waals surface area contributed by atoms with E-state index in [1.807, 2.05) is 0 Å². The molecule has 0 aromatic heterocycles. The number of nitrogens with one attached hydrogen (secondary N) is 1. The first-order chi connectivity index (χ1) is 8.22. The molecule has 1 aromatic rings. The van der Waals surface area contributed by atoms with Crippen molar-refractivity contribution in [1.82, 2.24) is 5.32 Å². The Balaban J connectivity index is 2.21. The van der Waals surface area contributed by atoms with Crippen LogP contribution in [-0.2, 0) is 4.74 Å². The van der Waals surface area contributed by atoms with Crippen molar-refractivity contribution in [1.29, 1.82) is 0 Å². The van der Waals surface area contributed by atoms with Gasteiger partial charge in [0.15, 0.2) is 0 Å². The van der Waals surface area contributed by atoms with Crippen LogP contribution in [0.2, 0.25) is 0 Å². The van der Waals surface area contributed by atoms with Crippen LogP contribution in [-0.4, -0.2) is 32.9 Å². The molecule has 0 amide bonds. The largest absolute Gasteiger partial charge is 0.496 e. The smallest absolute Gasteiger partial charge is 0.123 e. The molecule has 0 spiro atoms. The van der Waals surface area contributed by atoms with Crippen LogP contribution in [0, 0.1) is 5.82 Å². The molecule has 1 aliphatic rings. The molecule has 4 nitrogen and oxygen atoms in total. The Morgan fingerprint density at radius 3 is 3.06 bits per heavy atom. The lowest BCUT2D eigenvalue weighted by Gasteiger charge is -2.29. The maximum atomic E-state index is 13.2. The summed E-state index contributed by atoms with van der Waals surface area (Å²) in [6, 6.07) is 3.95. The second-order valence-electron chi connectivity index (χ2n) is 4.03. The minimum Gasteiger partial charge on any atom is -0.496 e. The topological polar surface area (TPSA) is 56.5 Å². The molecule has 1 heterocycles. The molecule has 2 rings (SSSR count). The number of nitrogens with two attached hydrogens (primary N) is 1. The van der Waals surface area contributed by atoms with Crippen LogP contribution in [0.4, 0.5) is 4.39 Å². The summed E-state index contributed by atoms with van der Waals surface area (Å²) in [4.78, 5) is 0. The molecule has 1 saturated heterocycles. The highest BCUT2D eigenvalue weighted by atomic mass is 19.1. The summed E-state index contributed by atoms with van der Waals surface area (Å²) in [5, 5.41) is 3.20. The van der Waals surface area contributed by atoms with Gasteiger partial charge in [-0.2, -0.15) is 0 Å². The third-order valence-corrected chi connectivity index (χ3v) is 2.91. The minimum atomic E-state index is -0.395. The zero-order valence-corrected chi connectivity index (χ0v) is 9.78. The summed E-state index contributed by atoms with van der Waals surface area (Å²) in [5.74, 6) is 0.271. The number of ether oxygens (including phenoxy) is 2. The van der Waals surface area contributed by atoms with Gasteiger partial charge in [-0.25, -0.2) is 4.39 Å². The van der Waals surface area contributed by atoms with Crippen molar-refractivity contribution < 1.29 is 13.9 Å². The van der Waals surface area contributed by atoms with Crippen molar-refractivity contribution in [3.63, 3.8) is 0 Å². The predicted molar refractivity (Wildman–Crippen MR) is 62.5 cm³/mol. The third-order valence-electron chi connectivity index (χ3n) is 2.91. The lowest BCUT2D eigenvalue weighted by molar-refractivity contribution is 0.0117. The highest BCUT2D eigenvalue weighted by molar-refractivity contribution is 5.37. The average molecular weight is 240 g/mol. The Kier molecular flexibility index (Phi) is 3.93. The molecule has 1 aromatic carbocycles. The van der Waals surface area contributed by atoms with E-state index in [9.17, 15) is 4.39 Å². The normalized spacial score (nSPS) is 22.2. The van der Waals surface area contributed by atoms with E-state index in [1.54, 1.807) is 13.2 Å². The van der Waals surface area contributed by atoms with Gasteiger partial charge < -0.3 is 20.5 Å². The fraction of sp³-hybridized carbons (Fsp3) is 0.500.